The van der Waals surface area contributed by atoms with Crippen LogP contribution in [0.15, 0.2) is 22.8 Å². The number of nitrogens with one attached hydrogen (secondary N) is 2. The maximum Gasteiger partial charge on any atom is 0.407 e. The predicted octanol–water partition coefficient (Wildman–Crippen LogP) is 2.70. The van der Waals surface area contributed by atoms with Gasteiger partial charge in [-0.25, -0.2) is 4.79 Å². The lowest BCUT2D eigenvalue weighted by molar-refractivity contribution is 0.0517. The molecule has 2 N–H and O–H groups in total. The molecule has 0 aromatic carbocycles. The second kappa shape index (κ2) is 6.85. The molecular weight excluding hydrogens is 284 g/mol. The zero-order valence-electron chi connectivity index (χ0n) is 13.3. The molecule has 1 aliphatic rings. The van der Waals surface area contributed by atoms with Gasteiger partial charge in [0.25, 0.3) is 5.91 Å². The highest BCUT2D eigenvalue weighted by Gasteiger charge is 2.30. The fourth-order valence-corrected chi connectivity index (χ4v) is 2.65. The Balaban J connectivity index is 1.81. The lowest BCUT2D eigenvalue weighted by Crippen LogP contribution is -2.43. The molecule has 6 nitrogen and oxygen atoms in total. The summed E-state index contributed by atoms with van der Waals surface area (Å²) in [4.78, 5) is 23.7. The highest BCUT2D eigenvalue weighted by molar-refractivity contribution is 5.91. The second-order valence-electron chi connectivity index (χ2n) is 6.63. The van der Waals surface area contributed by atoms with Crippen molar-refractivity contribution in [2.24, 2.45) is 5.92 Å². The molecule has 0 aliphatic heterocycles. The Bertz CT molecular complexity index is 505. The number of alkyl carbamates (subject to hydrolysis) is 1. The molecule has 0 radical (unpaired) electrons. The van der Waals surface area contributed by atoms with Crippen LogP contribution in [-0.2, 0) is 4.74 Å². The van der Waals surface area contributed by atoms with Crippen molar-refractivity contribution in [2.75, 3.05) is 6.54 Å². The van der Waals surface area contributed by atoms with Crippen molar-refractivity contribution in [3.63, 3.8) is 0 Å². The van der Waals surface area contributed by atoms with E-state index in [1.807, 2.05) is 20.8 Å². The summed E-state index contributed by atoms with van der Waals surface area (Å²) in [6, 6.07) is 3.37. The van der Waals surface area contributed by atoms with Gasteiger partial charge in [0, 0.05) is 12.6 Å². The van der Waals surface area contributed by atoms with Crippen LogP contribution in [0.2, 0.25) is 0 Å². The van der Waals surface area contributed by atoms with E-state index < -0.39 is 11.7 Å². The third kappa shape index (κ3) is 4.79. The van der Waals surface area contributed by atoms with Gasteiger partial charge in [0.05, 0.1) is 6.26 Å². The minimum atomic E-state index is -0.507. The zero-order valence-corrected chi connectivity index (χ0v) is 13.3. The maximum atomic E-state index is 12.0. The molecular formula is C16H24N2O4. The van der Waals surface area contributed by atoms with E-state index >= 15 is 0 Å². The molecule has 0 bridgehead atoms. The van der Waals surface area contributed by atoms with Crippen LogP contribution in [0.4, 0.5) is 4.79 Å². The first-order valence-corrected chi connectivity index (χ1v) is 7.66. The SMILES string of the molecule is CC(C)(C)OC(=O)NC[C@@H]1CCC[C@@H]1NC(=O)c1ccco1. The molecule has 2 rings (SSSR count). The first-order valence-electron chi connectivity index (χ1n) is 7.66. The van der Waals surface area contributed by atoms with Gasteiger partial charge in [0.2, 0.25) is 0 Å². The van der Waals surface area contributed by atoms with Gasteiger partial charge in [-0.3, -0.25) is 4.79 Å². The summed E-state index contributed by atoms with van der Waals surface area (Å²) < 4.78 is 10.3. The van der Waals surface area contributed by atoms with Crippen LogP contribution < -0.4 is 10.6 Å². The molecule has 1 aromatic heterocycles. The average molecular weight is 308 g/mol. The molecule has 1 saturated carbocycles. The van der Waals surface area contributed by atoms with Crippen LogP contribution in [0.25, 0.3) is 0 Å². The van der Waals surface area contributed by atoms with Crippen LogP contribution in [0.3, 0.4) is 0 Å². The molecule has 6 heteroatoms. The summed E-state index contributed by atoms with van der Waals surface area (Å²) in [6.45, 7) is 5.98. The van der Waals surface area contributed by atoms with Crippen molar-refractivity contribution in [1.29, 1.82) is 0 Å². The Morgan fingerprint density at radius 2 is 2.14 bits per heavy atom. The van der Waals surface area contributed by atoms with Gasteiger partial charge in [-0.15, -0.1) is 0 Å². The number of hydrogen-bond donors (Lipinski definition) is 2. The molecule has 1 heterocycles. The van der Waals surface area contributed by atoms with Gasteiger partial charge in [-0.1, -0.05) is 6.42 Å². The Morgan fingerprint density at radius 1 is 1.36 bits per heavy atom. The Kier molecular flexibility index (Phi) is 5.11. The van der Waals surface area contributed by atoms with Crippen molar-refractivity contribution in [3.05, 3.63) is 24.2 Å². The van der Waals surface area contributed by atoms with Crippen molar-refractivity contribution in [1.82, 2.24) is 10.6 Å². The van der Waals surface area contributed by atoms with Crippen LogP contribution >= 0.6 is 0 Å². The van der Waals surface area contributed by atoms with E-state index in [1.165, 1.54) is 6.26 Å². The molecule has 22 heavy (non-hydrogen) atoms. The summed E-state index contributed by atoms with van der Waals surface area (Å²) >= 11 is 0. The smallest absolute Gasteiger partial charge is 0.407 e. The molecule has 2 amide bonds. The number of furan rings is 1. The van der Waals surface area contributed by atoms with E-state index in [0.717, 1.165) is 19.3 Å². The van der Waals surface area contributed by atoms with Crippen molar-refractivity contribution in [2.45, 2.75) is 51.7 Å². The maximum absolute atomic E-state index is 12.0. The Hall–Kier alpha value is -1.98. The van der Waals surface area contributed by atoms with E-state index in [1.54, 1.807) is 12.1 Å². The van der Waals surface area contributed by atoms with Gasteiger partial charge >= 0.3 is 6.09 Å². The number of hydrogen-bond acceptors (Lipinski definition) is 4. The van der Waals surface area contributed by atoms with Gasteiger partial charge in [0.1, 0.15) is 5.60 Å². The van der Waals surface area contributed by atoms with Crippen molar-refractivity contribution >= 4 is 12.0 Å². The van der Waals surface area contributed by atoms with Crippen LogP contribution in [0, 0.1) is 5.92 Å². The fourth-order valence-electron chi connectivity index (χ4n) is 2.65. The number of carbonyl (C=O) groups excluding carboxylic acids is 2. The highest BCUT2D eigenvalue weighted by Crippen LogP contribution is 2.25. The number of amides is 2. The van der Waals surface area contributed by atoms with Crippen molar-refractivity contribution < 1.29 is 18.7 Å². The molecule has 0 unspecified atom stereocenters. The molecule has 0 spiro atoms. The topological polar surface area (TPSA) is 80.6 Å². The number of ether oxygens (including phenoxy) is 1. The summed E-state index contributed by atoms with van der Waals surface area (Å²) in [5, 5.41) is 5.76. The lowest BCUT2D eigenvalue weighted by Gasteiger charge is -2.23. The zero-order chi connectivity index (χ0) is 16.2. The van der Waals surface area contributed by atoms with Gasteiger partial charge in [0.15, 0.2) is 5.76 Å². The van der Waals surface area contributed by atoms with Gasteiger partial charge in [-0.2, -0.15) is 0 Å². The van der Waals surface area contributed by atoms with Crippen LogP contribution in [-0.4, -0.2) is 30.2 Å². The highest BCUT2D eigenvalue weighted by atomic mass is 16.6. The van der Waals surface area contributed by atoms with E-state index in [4.69, 9.17) is 9.15 Å². The predicted molar refractivity (Wildman–Crippen MR) is 81.5 cm³/mol. The summed E-state index contributed by atoms with van der Waals surface area (Å²) in [7, 11) is 0. The largest absolute Gasteiger partial charge is 0.459 e. The monoisotopic (exact) mass is 308 g/mol. The van der Waals surface area contributed by atoms with Crippen LogP contribution in [0.5, 0.6) is 0 Å². The van der Waals surface area contributed by atoms with Gasteiger partial charge in [-0.05, 0) is 51.7 Å². The third-order valence-electron chi connectivity index (χ3n) is 3.63. The third-order valence-corrected chi connectivity index (χ3v) is 3.63. The first kappa shape index (κ1) is 16.4. The molecule has 2 atom stereocenters. The standard InChI is InChI=1S/C16H24N2O4/c1-16(2,3)22-15(20)17-10-11-6-4-7-12(11)18-14(19)13-8-5-9-21-13/h5,8-9,11-12H,4,6-7,10H2,1-3H3,(H,17,20)(H,18,19)/t11-,12-/m0/s1. The first-order chi connectivity index (χ1) is 10.3. The van der Waals surface area contributed by atoms with Crippen LogP contribution in [0.1, 0.15) is 50.6 Å². The summed E-state index contributed by atoms with van der Waals surface area (Å²) in [5.74, 6) is 0.316. The molecule has 122 valence electrons. The molecule has 1 fully saturated rings. The van der Waals surface area contributed by atoms with E-state index in [9.17, 15) is 9.59 Å². The summed E-state index contributed by atoms with van der Waals surface area (Å²) in [5.41, 5.74) is -0.507. The number of carbonyl (C=O) groups is 2. The fraction of sp³-hybridized carbons (Fsp3) is 0.625. The molecule has 1 aliphatic carbocycles. The van der Waals surface area contributed by atoms with Gasteiger partial charge < -0.3 is 19.8 Å². The normalized spacial score (nSPS) is 21.4. The minimum absolute atomic E-state index is 0.0486. The molecule has 1 aromatic rings. The Labute approximate surface area is 130 Å². The average Bonchev–Trinajstić information content (AvgIpc) is 3.05. The number of rotatable bonds is 4. The van der Waals surface area contributed by atoms with E-state index in [0.29, 0.717) is 12.3 Å². The van der Waals surface area contributed by atoms with E-state index in [-0.39, 0.29) is 17.9 Å². The van der Waals surface area contributed by atoms with Crippen molar-refractivity contribution in [3.8, 4) is 0 Å². The molecule has 0 saturated heterocycles. The quantitative estimate of drug-likeness (QED) is 0.896. The lowest BCUT2D eigenvalue weighted by atomic mass is 10.0. The van der Waals surface area contributed by atoms with E-state index in [2.05, 4.69) is 10.6 Å². The minimum Gasteiger partial charge on any atom is -0.459 e. The Morgan fingerprint density at radius 3 is 2.77 bits per heavy atom. The second-order valence-corrected chi connectivity index (χ2v) is 6.63. The summed E-state index contributed by atoms with van der Waals surface area (Å²) in [6.07, 6.45) is 3.97.